The van der Waals surface area contributed by atoms with Crippen LogP contribution in [0.4, 0.5) is 5.69 Å². The molecule has 19 heavy (non-hydrogen) atoms. The molecule has 0 aliphatic heterocycles. The van der Waals surface area contributed by atoms with Crippen molar-refractivity contribution in [2.24, 2.45) is 0 Å². The van der Waals surface area contributed by atoms with Crippen LogP contribution in [0, 0.1) is 6.92 Å². The van der Waals surface area contributed by atoms with Gasteiger partial charge in [-0.25, -0.2) is 4.79 Å². The summed E-state index contributed by atoms with van der Waals surface area (Å²) in [4.78, 5) is 11.4. The van der Waals surface area contributed by atoms with E-state index in [4.69, 9.17) is 5.73 Å². The van der Waals surface area contributed by atoms with Gasteiger partial charge in [-0.1, -0.05) is 42.0 Å². The lowest BCUT2D eigenvalue weighted by Crippen LogP contribution is -2.00. The minimum Gasteiger partial charge on any atom is -0.478 e. The molecule has 0 saturated heterocycles. The fourth-order valence-corrected chi connectivity index (χ4v) is 1.86. The third-order valence-electron chi connectivity index (χ3n) is 2.81. The molecule has 0 saturated carbocycles. The molecule has 0 aliphatic rings. The Kier molecular flexibility index (Phi) is 3.66. The smallest absolute Gasteiger partial charge is 0.336 e. The maximum Gasteiger partial charge on any atom is 0.336 e. The van der Waals surface area contributed by atoms with E-state index < -0.39 is 5.97 Å². The Balaban J connectivity index is 2.46. The van der Waals surface area contributed by atoms with E-state index in [1.807, 2.05) is 31.2 Å². The van der Waals surface area contributed by atoms with Gasteiger partial charge in [0.1, 0.15) is 0 Å². The molecule has 2 rings (SSSR count). The molecule has 0 aliphatic carbocycles. The van der Waals surface area contributed by atoms with E-state index in [1.165, 1.54) is 0 Å². The molecule has 3 heteroatoms. The first kappa shape index (κ1) is 12.9. The number of anilines is 1. The Morgan fingerprint density at radius 3 is 2.42 bits per heavy atom. The zero-order valence-electron chi connectivity index (χ0n) is 10.6. The quantitative estimate of drug-likeness (QED) is 0.501. The van der Waals surface area contributed by atoms with E-state index in [1.54, 1.807) is 30.3 Å². The van der Waals surface area contributed by atoms with Crippen molar-refractivity contribution in [1.82, 2.24) is 0 Å². The van der Waals surface area contributed by atoms with Gasteiger partial charge in [-0.3, -0.25) is 0 Å². The Labute approximate surface area is 112 Å². The van der Waals surface area contributed by atoms with Crippen LogP contribution in [-0.4, -0.2) is 11.1 Å². The third-order valence-corrected chi connectivity index (χ3v) is 2.81. The molecule has 0 aromatic heterocycles. The molecular weight excluding hydrogens is 238 g/mol. The largest absolute Gasteiger partial charge is 0.478 e. The van der Waals surface area contributed by atoms with Crippen molar-refractivity contribution in [3.8, 4) is 0 Å². The summed E-state index contributed by atoms with van der Waals surface area (Å²) in [7, 11) is 0. The summed E-state index contributed by atoms with van der Waals surface area (Å²) in [5.41, 5.74) is 9.08. The van der Waals surface area contributed by atoms with Crippen LogP contribution < -0.4 is 5.73 Å². The van der Waals surface area contributed by atoms with Gasteiger partial charge in [0.15, 0.2) is 0 Å². The molecule has 0 unspecified atom stereocenters. The molecule has 0 atom stereocenters. The number of aliphatic carboxylic acids is 1. The highest BCUT2D eigenvalue weighted by atomic mass is 16.4. The van der Waals surface area contributed by atoms with Crippen LogP contribution >= 0.6 is 0 Å². The van der Waals surface area contributed by atoms with Gasteiger partial charge in [0.2, 0.25) is 0 Å². The summed E-state index contributed by atoms with van der Waals surface area (Å²) in [6.07, 6.45) is 1.67. The zero-order chi connectivity index (χ0) is 13.8. The van der Waals surface area contributed by atoms with Crippen molar-refractivity contribution in [3.05, 3.63) is 65.2 Å². The van der Waals surface area contributed by atoms with Gasteiger partial charge >= 0.3 is 5.97 Å². The van der Waals surface area contributed by atoms with Crippen molar-refractivity contribution < 1.29 is 9.90 Å². The summed E-state index contributed by atoms with van der Waals surface area (Å²) in [6.45, 7) is 1.97. The van der Waals surface area contributed by atoms with Crippen molar-refractivity contribution in [2.75, 3.05) is 5.73 Å². The van der Waals surface area contributed by atoms with Gasteiger partial charge < -0.3 is 10.8 Å². The number of hydrogen-bond donors (Lipinski definition) is 2. The second-order valence-corrected chi connectivity index (χ2v) is 4.40. The fourth-order valence-electron chi connectivity index (χ4n) is 1.86. The Morgan fingerprint density at radius 2 is 1.84 bits per heavy atom. The van der Waals surface area contributed by atoms with E-state index in [0.29, 0.717) is 11.3 Å². The summed E-state index contributed by atoms with van der Waals surface area (Å²) < 4.78 is 0. The summed E-state index contributed by atoms with van der Waals surface area (Å²) >= 11 is 0. The molecule has 3 nitrogen and oxygen atoms in total. The maximum atomic E-state index is 11.4. The van der Waals surface area contributed by atoms with E-state index in [-0.39, 0.29) is 5.57 Å². The third kappa shape index (κ3) is 3.22. The number of hydrogen-bond acceptors (Lipinski definition) is 2. The Hall–Kier alpha value is -2.55. The molecule has 96 valence electrons. The minimum atomic E-state index is -0.953. The molecule has 0 spiro atoms. The Bertz CT molecular complexity index is 627. The predicted molar refractivity (Wildman–Crippen MR) is 77.5 cm³/mol. The normalized spacial score (nSPS) is 11.3. The summed E-state index contributed by atoms with van der Waals surface area (Å²) in [5, 5.41) is 9.33. The maximum absolute atomic E-state index is 11.4. The van der Waals surface area contributed by atoms with Gasteiger partial charge in [-0.15, -0.1) is 0 Å². The van der Waals surface area contributed by atoms with Crippen LogP contribution in [-0.2, 0) is 4.79 Å². The van der Waals surface area contributed by atoms with Gasteiger partial charge in [-0.05, 0) is 36.3 Å². The first-order valence-electron chi connectivity index (χ1n) is 5.94. The SMILES string of the molecule is Cc1cccc(/C=C(\C(=O)O)c2ccc(N)cc2)c1. The average Bonchev–Trinajstić information content (AvgIpc) is 2.37. The van der Waals surface area contributed by atoms with Crippen molar-refractivity contribution in [2.45, 2.75) is 6.92 Å². The van der Waals surface area contributed by atoms with Crippen LogP contribution in [0.3, 0.4) is 0 Å². The lowest BCUT2D eigenvalue weighted by Gasteiger charge is -2.04. The van der Waals surface area contributed by atoms with E-state index >= 15 is 0 Å². The zero-order valence-corrected chi connectivity index (χ0v) is 10.6. The minimum absolute atomic E-state index is 0.255. The second-order valence-electron chi connectivity index (χ2n) is 4.40. The number of nitrogens with two attached hydrogens (primary N) is 1. The number of aryl methyl sites for hydroxylation is 1. The molecule has 0 amide bonds. The lowest BCUT2D eigenvalue weighted by atomic mass is 10.0. The van der Waals surface area contributed by atoms with E-state index in [2.05, 4.69) is 0 Å². The standard InChI is InChI=1S/C16H15NO2/c1-11-3-2-4-12(9-11)10-15(16(18)19)13-5-7-14(17)8-6-13/h2-10H,17H2,1H3,(H,18,19)/b15-10-. The van der Waals surface area contributed by atoms with Crippen molar-refractivity contribution in [1.29, 1.82) is 0 Å². The average molecular weight is 253 g/mol. The summed E-state index contributed by atoms with van der Waals surface area (Å²) in [6, 6.07) is 14.5. The van der Waals surface area contributed by atoms with E-state index in [9.17, 15) is 9.90 Å². The van der Waals surface area contributed by atoms with Crippen molar-refractivity contribution in [3.63, 3.8) is 0 Å². The van der Waals surface area contributed by atoms with Crippen LogP contribution in [0.15, 0.2) is 48.5 Å². The fraction of sp³-hybridized carbons (Fsp3) is 0.0625. The first-order valence-corrected chi connectivity index (χ1v) is 5.94. The molecule has 3 N–H and O–H groups in total. The molecule has 0 heterocycles. The molecule has 2 aromatic rings. The highest BCUT2D eigenvalue weighted by molar-refractivity contribution is 6.20. The molecule has 2 aromatic carbocycles. The first-order chi connectivity index (χ1) is 9.06. The topological polar surface area (TPSA) is 63.3 Å². The number of carbonyl (C=O) groups is 1. The van der Waals surface area contributed by atoms with Crippen LogP contribution in [0.1, 0.15) is 16.7 Å². The number of carboxylic acids is 1. The molecule has 0 fully saturated rings. The van der Waals surface area contributed by atoms with Crippen molar-refractivity contribution >= 4 is 23.3 Å². The number of carboxylic acid groups (broad SMARTS) is 1. The monoisotopic (exact) mass is 253 g/mol. The molecular formula is C16H15NO2. The van der Waals surface area contributed by atoms with Gasteiger partial charge in [0.05, 0.1) is 5.57 Å². The van der Waals surface area contributed by atoms with Crippen LogP contribution in [0.25, 0.3) is 11.6 Å². The van der Waals surface area contributed by atoms with E-state index in [0.717, 1.165) is 11.1 Å². The number of rotatable bonds is 3. The lowest BCUT2D eigenvalue weighted by molar-refractivity contribution is -0.130. The molecule has 0 bridgehead atoms. The van der Waals surface area contributed by atoms with Crippen LogP contribution in [0.5, 0.6) is 0 Å². The van der Waals surface area contributed by atoms with Gasteiger partial charge in [0, 0.05) is 5.69 Å². The second kappa shape index (κ2) is 5.40. The Morgan fingerprint density at radius 1 is 1.16 bits per heavy atom. The predicted octanol–water partition coefficient (Wildman–Crippen LogP) is 3.20. The number of benzene rings is 2. The molecule has 0 radical (unpaired) electrons. The summed E-state index contributed by atoms with van der Waals surface area (Å²) in [5.74, 6) is -0.953. The van der Waals surface area contributed by atoms with Crippen LogP contribution in [0.2, 0.25) is 0 Å². The highest BCUT2D eigenvalue weighted by Crippen LogP contribution is 2.20. The number of nitrogen functional groups attached to an aromatic ring is 1. The van der Waals surface area contributed by atoms with Gasteiger partial charge in [-0.2, -0.15) is 0 Å². The van der Waals surface area contributed by atoms with Gasteiger partial charge in [0.25, 0.3) is 0 Å². The highest BCUT2D eigenvalue weighted by Gasteiger charge is 2.10.